The van der Waals surface area contributed by atoms with Gasteiger partial charge in [-0.3, -0.25) is 4.79 Å². The van der Waals surface area contributed by atoms with Gasteiger partial charge >= 0.3 is 5.97 Å². The second kappa shape index (κ2) is 7.46. The first-order valence-corrected chi connectivity index (χ1v) is 7.86. The molecule has 0 aliphatic heterocycles. The first-order valence-electron chi connectivity index (χ1n) is 7.86. The second-order valence-corrected chi connectivity index (χ2v) is 5.95. The molecule has 2 rings (SSSR count). The Hall–Kier alpha value is -1.55. The molecule has 0 amide bonds. The van der Waals surface area contributed by atoms with Crippen molar-refractivity contribution in [1.29, 1.82) is 0 Å². The maximum Gasteiger partial charge on any atom is 0.306 e. The number of anilines is 1. The van der Waals surface area contributed by atoms with Crippen molar-refractivity contribution in [2.24, 2.45) is 5.92 Å². The zero-order chi connectivity index (χ0) is 15.2. The normalized spacial score (nSPS) is 26.1. The van der Waals surface area contributed by atoms with Crippen LogP contribution in [0, 0.1) is 5.92 Å². The third-order valence-corrected chi connectivity index (χ3v) is 4.30. The fourth-order valence-corrected chi connectivity index (χ4v) is 2.98. The van der Waals surface area contributed by atoms with Crippen molar-refractivity contribution < 1.29 is 15.0 Å². The Labute approximate surface area is 126 Å². The predicted octanol–water partition coefficient (Wildman–Crippen LogP) is 3.06. The average Bonchev–Trinajstić information content (AvgIpc) is 2.64. The van der Waals surface area contributed by atoms with Crippen molar-refractivity contribution in [3.63, 3.8) is 0 Å². The van der Waals surface area contributed by atoms with Crippen LogP contribution in [0.3, 0.4) is 0 Å². The van der Waals surface area contributed by atoms with Gasteiger partial charge in [0.1, 0.15) is 0 Å². The molecule has 0 spiro atoms. The molecule has 1 fully saturated rings. The Balaban J connectivity index is 1.96. The van der Waals surface area contributed by atoms with Crippen LogP contribution in [0.1, 0.15) is 44.6 Å². The van der Waals surface area contributed by atoms with E-state index in [1.54, 1.807) is 0 Å². The minimum Gasteiger partial charge on any atom is -0.481 e. The van der Waals surface area contributed by atoms with Crippen LogP contribution in [0.15, 0.2) is 24.3 Å². The van der Waals surface area contributed by atoms with E-state index in [1.807, 2.05) is 12.1 Å². The number of aryl methyl sites for hydroxylation is 1. The lowest BCUT2D eigenvalue weighted by Crippen LogP contribution is -2.32. The van der Waals surface area contributed by atoms with Gasteiger partial charge in [0.15, 0.2) is 0 Å². The van der Waals surface area contributed by atoms with Crippen LogP contribution in [0.5, 0.6) is 0 Å². The van der Waals surface area contributed by atoms with Crippen LogP contribution in [0.2, 0.25) is 0 Å². The van der Waals surface area contributed by atoms with Gasteiger partial charge in [-0.1, -0.05) is 25.5 Å². The lowest BCUT2D eigenvalue weighted by molar-refractivity contribution is -0.142. The van der Waals surface area contributed by atoms with Crippen LogP contribution in [0.4, 0.5) is 5.69 Å². The Morgan fingerprint density at radius 1 is 1.19 bits per heavy atom. The van der Waals surface area contributed by atoms with Gasteiger partial charge in [-0.25, -0.2) is 0 Å². The first-order chi connectivity index (χ1) is 10.1. The molecule has 4 heteroatoms. The summed E-state index contributed by atoms with van der Waals surface area (Å²) in [6.07, 6.45) is 4.14. The molecule has 1 aliphatic rings. The molecule has 0 aromatic heterocycles. The molecule has 0 bridgehead atoms. The number of aliphatic carboxylic acids is 1. The highest BCUT2D eigenvalue weighted by Gasteiger charge is 2.29. The minimum absolute atomic E-state index is 0.0635. The number of aliphatic hydroxyl groups is 1. The zero-order valence-electron chi connectivity index (χ0n) is 12.6. The van der Waals surface area contributed by atoms with E-state index in [1.165, 1.54) is 5.56 Å². The van der Waals surface area contributed by atoms with Gasteiger partial charge in [0.25, 0.3) is 0 Å². The van der Waals surface area contributed by atoms with Gasteiger partial charge in [0.2, 0.25) is 0 Å². The van der Waals surface area contributed by atoms with Crippen molar-refractivity contribution in [1.82, 2.24) is 0 Å². The second-order valence-electron chi connectivity index (χ2n) is 5.95. The van der Waals surface area contributed by atoms with Gasteiger partial charge in [0.05, 0.1) is 18.1 Å². The first kappa shape index (κ1) is 15.8. The molecule has 1 aromatic carbocycles. The summed E-state index contributed by atoms with van der Waals surface area (Å²) in [4.78, 5) is 11.1. The van der Waals surface area contributed by atoms with E-state index in [4.69, 9.17) is 5.11 Å². The molecule has 116 valence electrons. The number of carbonyl (C=O) groups is 1. The van der Waals surface area contributed by atoms with Gasteiger partial charge in [0, 0.05) is 5.69 Å². The van der Waals surface area contributed by atoms with Crippen molar-refractivity contribution in [2.45, 2.75) is 57.6 Å². The maximum absolute atomic E-state index is 11.1. The number of carboxylic acid groups (broad SMARTS) is 1. The molecule has 4 nitrogen and oxygen atoms in total. The predicted molar refractivity (Wildman–Crippen MR) is 83.4 cm³/mol. The van der Waals surface area contributed by atoms with Crippen LogP contribution < -0.4 is 5.32 Å². The van der Waals surface area contributed by atoms with Crippen LogP contribution >= 0.6 is 0 Å². The molecular weight excluding hydrogens is 266 g/mol. The largest absolute Gasteiger partial charge is 0.481 e. The highest BCUT2D eigenvalue weighted by Crippen LogP contribution is 2.26. The van der Waals surface area contributed by atoms with E-state index in [-0.39, 0.29) is 12.0 Å². The van der Waals surface area contributed by atoms with E-state index < -0.39 is 12.1 Å². The number of hydrogen-bond donors (Lipinski definition) is 3. The van der Waals surface area contributed by atoms with Crippen LogP contribution in [-0.2, 0) is 11.2 Å². The summed E-state index contributed by atoms with van der Waals surface area (Å²) >= 11 is 0. The zero-order valence-corrected chi connectivity index (χ0v) is 12.6. The molecular formula is C17H25NO3. The Bertz CT molecular complexity index is 458. The summed E-state index contributed by atoms with van der Waals surface area (Å²) < 4.78 is 0. The standard InChI is InChI=1S/C17H25NO3/c1-2-3-12-4-8-14(9-5-12)18-15-10-6-13(17(20)21)7-11-16(15)19/h4-5,8-9,13,15-16,18-19H,2-3,6-7,10-11H2,1H3,(H,20,21)/t13-,15+,16+/m1/s1. The van der Waals surface area contributed by atoms with Crippen molar-refractivity contribution in [3.8, 4) is 0 Å². The molecule has 0 radical (unpaired) electrons. The topological polar surface area (TPSA) is 69.6 Å². The number of benzene rings is 1. The summed E-state index contributed by atoms with van der Waals surface area (Å²) in [5, 5.41) is 22.7. The summed E-state index contributed by atoms with van der Waals surface area (Å²) in [6.45, 7) is 2.16. The van der Waals surface area contributed by atoms with Gasteiger partial charge < -0.3 is 15.5 Å². The fraction of sp³-hybridized carbons (Fsp3) is 0.588. The van der Waals surface area contributed by atoms with Gasteiger partial charge in [-0.15, -0.1) is 0 Å². The number of aliphatic hydroxyl groups excluding tert-OH is 1. The Morgan fingerprint density at radius 3 is 2.48 bits per heavy atom. The highest BCUT2D eigenvalue weighted by atomic mass is 16.4. The summed E-state index contributed by atoms with van der Waals surface area (Å²) in [5.41, 5.74) is 2.31. The summed E-state index contributed by atoms with van der Waals surface area (Å²) in [6, 6.07) is 8.23. The van der Waals surface area contributed by atoms with E-state index in [9.17, 15) is 9.90 Å². The number of nitrogens with one attached hydrogen (secondary N) is 1. The molecule has 1 aliphatic carbocycles. The van der Waals surface area contributed by atoms with E-state index >= 15 is 0 Å². The molecule has 21 heavy (non-hydrogen) atoms. The molecule has 0 saturated heterocycles. The third kappa shape index (κ3) is 4.46. The molecule has 0 heterocycles. The molecule has 0 unspecified atom stereocenters. The van der Waals surface area contributed by atoms with Crippen molar-refractivity contribution >= 4 is 11.7 Å². The van der Waals surface area contributed by atoms with E-state index in [0.29, 0.717) is 25.7 Å². The number of carboxylic acids is 1. The van der Waals surface area contributed by atoms with Gasteiger partial charge in [-0.2, -0.15) is 0 Å². The average molecular weight is 291 g/mol. The summed E-state index contributed by atoms with van der Waals surface area (Å²) in [7, 11) is 0. The molecule has 1 saturated carbocycles. The summed E-state index contributed by atoms with van der Waals surface area (Å²) in [5.74, 6) is -1.06. The smallest absolute Gasteiger partial charge is 0.306 e. The number of hydrogen-bond acceptors (Lipinski definition) is 3. The Morgan fingerprint density at radius 2 is 1.86 bits per heavy atom. The van der Waals surface area contributed by atoms with Crippen LogP contribution in [-0.4, -0.2) is 28.3 Å². The third-order valence-electron chi connectivity index (χ3n) is 4.30. The van der Waals surface area contributed by atoms with Crippen LogP contribution in [0.25, 0.3) is 0 Å². The number of rotatable bonds is 5. The Kier molecular flexibility index (Phi) is 5.62. The lowest BCUT2D eigenvalue weighted by Gasteiger charge is -2.23. The fourth-order valence-electron chi connectivity index (χ4n) is 2.98. The molecule has 3 atom stereocenters. The van der Waals surface area contributed by atoms with E-state index in [2.05, 4.69) is 24.4 Å². The highest BCUT2D eigenvalue weighted by molar-refractivity contribution is 5.70. The van der Waals surface area contributed by atoms with E-state index in [0.717, 1.165) is 18.5 Å². The van der Waals surface area contributed by atoms with Crippen molar-refractivity contribution in [2.75, 3.05) is 5.32 Å². The SMILES string of the molecule is CCCc1ccc(N[C@H]2CC[C@@H](C(=O)O)CC[C@@H]2O)cc1. The molecule has 1 aromatic rings. The van der Waals surface area contributed by atoms with Gasteiger partial charge in [-0.05, 0) is 49.8 Å². The molecule has 3 N–H and O–H groups in total. The quantitative estimate of drug-likeness (QED) is 0.729. The van der Waals surface area contributed by atoms with Crippen molar-refractivity contribution in [3.05, 3.63) is 29.8 Å². The lowest BCUT2D eigenvalue weighted by atomic mass is 10.0. The minimum atomic E-state index is -0.744. The maximum atomic E-state index is 11.1. The monoisotopic (exact) mass is 291 g/mol.